The molecular formula is C15H19N3O3. The molecule has 112 valence electrons. The van der Waals surface area contributed by atoms with Gasteiger partial charge in [-0.15, -0.1) is 0 Å². The van der Waals surface area contributed by atoms with Crippen LogP contribution in [0.15, 0.2) is 24.3 Å². The van der Waals surface area contributed by atoms with E-state index in [4.69, 9.17) is 10.4 Å². The summed E-state index contributed by atoms with van der Waals surface area (Å²) in [4.78, 5) is 22.1. The number of benzene rings is 1. The van der Waals surface area contributed by atoms with Gasteiger partial charge in [0.25, 0.3) is 0 Å². The summed E-state index contributed by atoms with van der Waals surface area (Å²) in [6.45, 7) is 2.17. The first-order chi connectivity index (χ1) is 10.0. The first-order valence-corrected chi connectivity index (χ1v) is 6.76. The number of nitrogens with zero attached hydrogens (tertiary/aromatic N) is 1. The molecule has 1 unspecified atom stereocenters. The number of hydrogen-bond donors (Lipinski definition) is 3. The molecule has 0 saturated heterocycles. The summed E-state index contributed by atoms with van der Waals surface area (Å²) in [7, 11) is 0. The Balaban J connectivity index is 2.30. The zero-order valence-corrected chi connectivity index (χ0v) is 11.9. The average molecular weight is 289 g/mol. The fourth-order valence-corrected chi connectivity index (χ4v) is 1.84. The van der Waals surface area contributed by atoms with Gasteiger partial charge in [-0.2, -0.15) is 5.26 Å². The summed E-state index contributed by atoms with van der Waals surface area (Å²) < 4.78 is 0. The third-order valence-corrected chi connectivity index (χ3v) is 2.91. The molecule has 0 radical (unpaired) electrons. The van der Waals surface area contributed by atoms with E-state index in [1.165, 1.54) is 0 Å². The first-order valence-electron chi connectivity index (χ1n) is 6.76. The lowest BCUT2D eigenvalue weighted by atomic mass is 10.1. The number of amides is 2. The van der Waals surface area contributed by atoms with E-state index in [9.17, 15) is 9.59 Å². The maximum absolute atomic E-state index is 11.7. The maximum Gasteiger partial charge on any atom is 0.315 e. The van der Waals surface area contributed by atoms with Gasteiger partial charge in [0.05, 0.1) is 11.6 Å². The molecule has 0 heterocycles. The lowest BCUT2D eigenvalue weighted by molar-refractivity contribution is -0.137. The Labute approximate surface area is 123 Å². The molecule has 0 bridgehead atoms. The fraction of sp³-hybridized carbons (Fsp3) is 0.400. The number of carboxylic acid groups (broad SMARTS) is 1. The first kappa shape index (κ1) is 16.5. The van der Waals surface area contributed by atoms with Crippen LogP contribution in [0.3, 0.4) is 0 Å². The second-order valence-corrected chi connectivity index (χ2v) is 4.83. The molecule has 6 heteroatoms. The molecule has 3 N–H and O–H groups in total. The number of nitrogens with one attached hydrogen (secondary N) is 2. The van der Waals surface area contributed by atoms with Gasteiger partial charge in [-0.25, -0.2) is 4.79 Å². The zero-order chi connectivity index (χ0) is 15.7. The van der Waals surface area contributed by atoms with Crippen LogP contribution in [-0.4, -0.2) is 23.1 Å². The Hall–Kier alpha value is -2.55. The van der Waals surface area contributed by atoms with Crippen LogP contribution < -0.4 is 10.6 Å². The second kappa shape index (κ2) is 8.59. The van der Waals surface area contributed by atoms with Crippen molar-refractivity contribution in [3.05, 3.63) is 35.4 Å². The van der Waals surface area contributed by atoms with Crippen molar-refractivity contribution in [2.24, 2.45) is 0 Å². The van der Waals surface area contributed by atoms with Crippen LogP contribution in [0.2, 0.25) is 0 Å². The van der Waals surface area contributed by atoms with Gasteiger partial charge in [0.15, 0.2) is 0 Å². The summed E-state index contributed by atoms with van der Waals surface area (Å²) in [5.74, 6) is -0.830. The molecule has 21 heavy (non-hydrogen) atoms. The summed E-state index contributed by atoms with van der Waals surface area (Å²) in [6.07, 6.45) is 1.25. The molecule has 0 spiro atoms. The predicted octanol–water partition coefficient (Wildman–Crippen LogP) is 2.00. The molecule has 6 nitrogen and oxygen atoms in total. The molecule has 2 amide bonds. The Bertz CT molecular complexity index is 537. The minimum Gasteiger partial charge on any atom is -0.481 e. The normalized spacial score (nSPS) is 11.2. The van der Waals surface area contributed by atoms with Gasteiger partial charge >= 0.3 is 12.0 Å². The van der Waals surface area contributed by atoms with Crippen molar-refractivity contribution in [3.8, 4) is 6.07 Å². The third kappa shape index (κ3) is 6.97. The standard InChI is InChI=1S/C15H19N3O3/c1-11(4-2-7-14(19)20)18-15(21)17-10-13-6-3-5-12(8-13)9-16/h3,5-6,8,11H,2,4,7,10H2,1H3,(H,19,20)(H2,17,18,21). The van der Waals surface area contributed by atoms with Crippen LogP contribution in [0.25, 0.3) is 0 Å². The highest BCUT2D eigenvalue weighted by molar-refractivity contribution is 5.74. The average Bonchev–Trinajstić information content (AvgIpc) is 2.45. The second-order valence-electron chi connectivity index (χ2n) is 4.83. The van der Waals surface area contributed by atoms with E-state index in [0.29, 0.717) is 24.9 Å². The minimum absolute atomic E-state index is 0.0882. The Kier molecular flexibility index (Phi) is 6.75. The summed E-state index contributed by atoms with van der Waals surface area (Å²) in [5.41, 5.74) is 1.40. The Morgan fingerprint density at radius 1 is 1.43 bits per heavy atom. The van der Waals surface area contributed by atoms with Gasteiger partial charge in [0, 0.05) is 19.0 Å². The Morgan fingerprint density at radius 2 is 2.19 bits per heavy atom. The summed E-state index contributed by atoms with van der Waals surface area (Å²) >= 11 is 0. The maximum atomic E-state index is 11.7. The number of hydrogen-bond acceptors (Lipinski definition) is 3. The molecule has 0 saturated carbocycles. The lowest BCUT2D eigenvalue weighted by Gasteiger charge is -2.14. The zero-order valence-electron chi connectivity index (χ0n) is 11.9. The van der Waals surface area contributed by atoms with Crippen molar-refractivity contribution in [3.63, 3.8) is 0 Å². The summed E-state index contributed by atoms with van der Waals surface area (Å²) in [6, 6.07) is 8.67. The highest BCUT2D eigenvalue weighted by Crippen LogP contribution is 2.04. The van der Waals surface area contributed by atoms with Gasteiger partial charge < -0.3 is 15.7 Å². The van der Waals surface area contributed by atoms with Crippen molar-refractivity contribution >= 4 is 12.0 Å². The number of aliphatic carboxylic acids is 1. The van der Waals surface area contributed by atoms with Crippen LogP contribution in [0.4, 0.5) is 4.79 Å². The van der Waals surface area contributed by atoms with Crippen molar-refractivity contribution < 1.29 is 14.7 Å². The number of carbonyl (C=O) groups excluding carboxylic acids is 1. The van der Waals surface area contributed by atoms with Crippen molar-refractivity contribution in [1.82, 2.24) is 10.6 Å². The van der Waals surface area contributed by atoms with Crippen LogP contribution in [0.1, 0.15) is 37.3 Å². The van der Waals surface area contributed by atoms with E-state index in [1.807, 2.05) is 19.1 Å². The molecule has 0 aliphatic carbocycles. The van der Waals surface area contributed by atoms with E-state index in [0.717, 1.165) is 5.56 Å². The van der Waals surface area contributed by atoms with Crippen LogP contribution in [-0.2, 0) is 11.3 Å². The van der Waals surface area contributed by atoms with Crippen molar-refractivity contribution in [1.29, 1.82) is 5.26 Å². The van der Waals surface area contributed by atoms with E-state index in [2.05, 4.69) is 10.6 Å². The topological polar surface area (TPSA) is 102 Å². The third-order valence-electron chi connectivity index (χ3n) is 2.91. The monoisotopic (exact) mass is 289 g/mol. The molecule has 0 fully saturated rings. The SMILES string of the molecule is CC(CCCC(=O)O)NC(=O)NCc1cccc(C#N)c1. The highest BCUT2D eigenvalue weighted by atomic mass is 16.4. The molecule has 1 atom stereocenters. The fourth-order valence-electron chi connectivity index (χ4n) is 1.84. The number of urea groups is 1. The van der Waals surface area contributed by atoms with E-state index in [1.54, 1.807) is 18.2 Å². The number of nitriles is 1. The molecule has 0 aliphatic rings. The van der Waals surface area contributed by atoms with Crippen LogP contribution in [0, 0.1) is 11.3 Å². The van der Waals surface area contributed by atoms with E-state index >= 15 is 0 Å². The smallest absolute Gasteiger partial charge is 0.315 e. The van der Waals surface area contributed by atoms with Crippen LogP contribution >= 0.6 is 0 Å². The molecule has 1 aromatic carbocycles. The molecule has 0 aromatic heterocycles. The van der Waals surface area contributed by atoms with Crippen molar-refractivity contribution in [2.45, 2.75) is 38.8 Å². The molecule has 0 aliphatic heterocycles. The van der Waals surface area contributed by atoms with Gasteiger partial charge in [-0.05, 0) is 37.5 Å². The van der Waals surface area contributed by atoms with Crippen molar-refractivity contribution in [2.75, 3.05) is 0 Å². The minimum atomic E-state index is -0.830. The van der Waals surface area contributed by atoms with Gasteiger partial charge in [0.2, 0.25) is 0 Å². The largest absolute Gasteiger partial charge is 0.481 e. The number of rotatable bonds is 7. The van der Waals surface area contributed by atoms with Gasteiger partial charge in [0.1, 0.15) is 0 Å². The number of carbonyl (C=O) groups is 2. The molecule has 1 rings (SSSR count). The predicted molar refractivity (Wildman–Crippen MR) is 77.5 cm³/mol. The quantitative estimate of drug-likeness (QED) is 0.714. The molecule has 1 aromatic rings. The van der Waals surface area contributed by atoms with E-state index < -0.39 is 5.97 Å². The highest BCUT2D eigenvalue weighted by Gasteiger charge is 2.08. The van der Waals surface area contributed by atoms with Gasteiger partial charge in [-0.3, -0.25) is 4.79 Å². The Morgan fingerprint density at radius 3 is 2.86 bits per heavy atom. The van der Waals surface area contributed by atoms with E-state index in [-0.39, 0.29) is 18.5 Å². The van der Waals surface area contributed by atoms with Gasteiger partial charge in [-0.1, -0.05) is 12.1 Å². The summed E-state index contributed by atoms with van der Waals surface area (Å²) in [5, 5.41) is 22.8. The lowest BCUT2D eigenvalue weighted by Crippen LogP contribution is -2.40. The molecular weight excluding hydrogens is 270 g/mol. The van der Waals surface area contributed by atoms with Crippen LogP contribution in [0.5, 0.6) is 0 Å². The number of carboxylic acids is 1.